The van der Waals surface area contributed by atoms with Crippen LogP contribution in [-0.4, -0.2) is 29.6 Å². The average Bonchev–Trinajstić information content (AvgIpc) is 2.32. The van der Waals surface area contributed by atoms with Gasteiger partial charge < -0.3 is 10.0 Å². The lowest BCUT2D eigenvalue weighted by Crippen LogP contribution is -2.31. The number of likely N-dealkylation sites (tertiary alicyclic amines) is 1. The second-order valence-corrected chi connectivity index (χ2v) is 5.94. The molecule has 1 saturated heterocycles. The van der Waals surface area contributed by atoms with Crippen LogP contribution in [0, 0.1) is 13.8 Å². The van der Waals surface area contributed by atoms with E-state index in [-0.39, 0.29) is 6.10 Å². The van der Waals surface area contributed by atoms with E-state index in [1.807, 2.05) is 0 Å². The average molecular weight is 261 g/mol. The fourth-order valence-electron chi connectivity index (χ4n) is 3.04. The first-order valence-corrected chi connectivity index (χ1v) is 7.64. The van der Waals surface area contributed by atoms with Crippen LogP contribution in [0.1, 0.15) is 54.9 Å². The molecular formula is C17H27NO. The van der Waals surface area contributed by atoms with E-state index in [0.29, 0.717) is 0 Å². The lowest BCUT2D eigenvalue weighted by atomic mass is 10.00. The van der Waals surface area contributed by atoms with E-state index in [4.69, 9.17) is 0 Å². The van der Waals surface area contributed by atoms with Gasteiger partial charge in [0.25, 0.3) is 0 Å². The number of nitrogens with zero attached hydrogens (tertiary/aromatic N) is 1. The molecule has 2 nitrogen and oxygen atoms in total. The van der Waals surface area contributed by atoms with Crippen molar-refractivity contribution in [2.75, 3.05) is 19.6 Å². The van der Waals surface area contributed by atoms with Crippen molar-refractivity contribution in [1.82, 2.24) is 4.90 Å². The van der Waals surface area contributed by atoms with E-state index < -0.39 is 0 Å². The summed E-state index contributed by atoms with van der Waals surface area (Å²) in [6.45, 7) is 7.26. The summed E-state index contributed by atoms with van der Waals surface area (Å²) < 4.78 is 0. The number of β-amino-alcohol motifs (C(OH)–C–C–N with tert-alkyl or cyclic N) is 1. The van der Waals surface area contributed by atoms with Crippen molar-refractivity contribution < 1.29 is 5.11 Å². The topological polar surface area (TPSA) is 23.5 Å². The number of aryl methyl sites for hydroxylation is 2. The smallest absolute Gasteiger partial charge is 0.0919 e. The van der Waals surface area contributed by atoms with E-state index in [2.05, 4.69) is 36.9 Å². The van der Waals surface area contributed by atoms with Gasteiger partial charge in [-0.05, 0) is 50.9 Å². The highest BCUT2D eigenvalue weighted by molar-refractivity contribution is 5.32. The maximum Gasteiger partial charge on any atom is 0.0919 e. The van der Waals surface area contributed by atoms with Gasteiger partial charge in [0.2, 0.25) is 0 Å². The summed E-state index contributed by atoms with van der Waals surface area (Å²) in [4.78, 5) is 2.43. The van der Waals surface area contributed by atoms with Crippen molar-refractivity contribution >= 4 is 0 Å². The van der Waals surface area contributed by atoms with Crippen LogP contribution in [0.15, 0.2) is 18.2 Å². The summed E-state index contributed by atoms with van der Waals surface area (Å²) in [6, 6.07) is 6.34. The summed E-state index contributed by atoms with van der Waals surface area (Å²) in [5, 5.41) is 10.5. The molecular weight excluding hydrogens is 234 g/mol. The highest BCUT2D eigenvalue weighted by Crippen LogP contribution is 2.21. The molecule has 0 aliphatic carbocycles. The number of aliphatic hydroxyl groups excluding tert-OH is 1. The molecule has 2 rings (SSSR count). The molecule has 1 N–H and O–H groups in total. The standard InChI is InChI=1S/C17H27NO/c1-14-8-9-16(15(2)12-14)17(19)13-18-10-6-4-3-5-7-11-18/h8-9,12,17,19H,3-7,10-11,13H2,1-2H3. The Morgan fingerprint density at radius 1 is 1.05 bits per heavy atom. The molecule has 1 atom stereocenters. The van der Waals surface area contributed by atoms with Gasteiger partial charge in [0, 0.05) is 6.54 Å². The lowest BCUT2D eigenvalue weighted by Gasteiger charge is -2.27. The third kappa shape index (κ3) is 4.32. The molecule has 19 heavy (non-hydrogen) atoms. The molecule has 106 valence electrons. The maximum atomic E-state index is 10.5. The van der Waals surface area contributed by atoms with Gasteiger partial charge in [-0.3, -0.25) is 0 Å². The number of benzene rings is 1. The number of hydrogen-bond acceptors (Lipinski definition) is 2. The molecule has 1 aliphatic rings. The predicted molar refractivity (Wildman–Crippen MR) is 80.4 cm³/mol. The first-order chi connectivity index (χ1) is 9.16. The van der Waals surface area contributed by atoms with Gasteiger partial charge in [0.05, 0.1) is 6.10 Å². The van der Waals surface area contributed by atoms with Gasteiger partial charge >= 0.3 is 0 Å². The predicted octanol–water partition coefficient (Wildman–Crippen LogP) is 3.60. The van der Waals surface area contributed by atoms with Crippen LogP contribution in [0.2, 0.25) is 0 Å². The van der Waals surface area contributed by atoms with Gasteiger partial charge in [-0.1, -0.05) is 43.0 Å². The molecule has 2 heteroatoms. The van der Waals surface area contributed by atoms with Crippen LogP contribution in [-0.2, 0) is 0 Å². The van der Waals surface area contributed by atoms with Crippen molar-refractivity contribution in [2.45, 2.75) is 52.1 Å². The number of hydrogen-bond donors (Lipinski definition) is 1. The van der Waals surface area contributed by atoms with E-state index in [1.165, 1.54) is 43.2 Å². The summed E-state index contributed by atoms with van der Waals surface area (Å²) in [6.07, 6.45) is 6.28. The number of aliphatic hydroxyl groups is 1. The fourth-order valence-corrected chi connectivity index (χ4v) is 3.04. The molecule has 1 heterocycles. The first-order valence-electron chi connectivity index (χ1n) is 7.64. The Balaban J connectivity index is 1.96. The van der Waals surface area contributed by atoms with Crippen molar-refractivity contribution in [3.05, 3.63) is 34.9 Å². The van der Waals surface area contributed by atoms with E-state index in [9.17, 15) is 5.11 Å². The van der Waals surface area contributed by atoms with Crippen LogP contribution in [0.3, 0.4) is 0 Å². The van der Waals surface area contributed by atoms with E-state index in [1.54, 1.807) is 0 Å². The molecule has 0 saturated carbocycles. The molecule has 1 aromatic rings. The van der Waals surface area contributed by atoms with Crippen molar-refractivity contribution in [2.24, 2.45) is 0 Å². The Morgan fingerprint density at radius 3 is 2.32 bits per heavy atom. The third-order valence-corrected chi connectivity index (χ3v) is 4.16. The lowest BCUT2D eigenvalue weighted by molar-refractivity contribution is 0.107. The fraction of sp³-hybridized carbons (Fsp3) is 0.647. The quantitative estimate of drug-likeness (QED) is 0.898. The van der Waals surface area contributed by atoms with Crippen LogP contribution in [0.4, 0.5) is 0 Å². The highest BCUT2D eigenvalue weighted by Gasteiger charge is 2.16. The van der Waals surface area contributed by atoms with Gasteiger partial charge in [0.1, 0.15) is 0 Å². The van der Waals surface area contributed by atoms with Crippen LogP contribution < -0.4 is 0 Å². The van der Waals surface area contributed by atoms with E-state index >= 15 is 0 Å². The van der Waals surface area contributed by atoms with Gasteiger partial charge in [-0.2, -0.15) is 0 Å². The van der Waals surface area contributed by atoms with E-state index in [0.717, 1.165) is 25.2 Å². The molecule has 1 aliphatic heterocycles. The van der Waals surface area contributed by atoms with Crippen molar-refractivity contribution in [1.29, 1.82) is 0 Å². The Morgan fingerprint density at radius 2 is 1.68 bits per heavy atom. The maximum absolute atomic E-state index is 10.5. The largest absolute Gasteiger partial charge is 0.387 e. The van der Waals surface area contributed by atoms with Crippen molar-refractivity contribution in [3.8, 4) is 0 Å². The summed E-state index contributed by atoms with van der Waals surface area (Å²) >= 11 is 0. The monoisotopic (exact) mass is 261 g/mol. The SMILES string of the molecule is Cc1ccc(C(O)CN2CCCCCCC2)c(C)c1. The minimum atomic E-state index is -0.347. The van der Waals surface area contributed by atoms with Crippen LogP contribution in [0.25, 0.3) is 0 Å². The van der Waals surface area contributed by atoms with Gasteiger partial charge in [0.15, 0.2) is 0 Å². The van der Waals surface area contributed by atoms with Gasteiger partial charge in [-0.25, -0.2) is 0 Å². The normalized spacial score (nSPS) is 19.7. The Kier molecular flexibility index (Phi) is 5.41. The highest BCUT2D eigenvalue weighted by atomic mass is 16.3. The summed E-state index contributed by atoms with van der Waals surface area (Å²) in [5.74, 6) is 0. The zero-order valence-electron chi connectivity index (χ0n) is 12.4. The third-order valence-electron chi connectivity index (χ3n) is 4.16. The molecule has 0 bridgehead atoms. The molecule has 1 unspecified atom stereocenters. The first kappa shape index (κ1) is 14.5. The Labute approximate surface area is 117 Å². The molecule has 1 aromatic carbocycles. The second kappa shape index (κ2) is 7.06. The summed E-state index contributed by atoms with van der Waals surface area (Å²) in [7, 11) is 0. The van der Waals surface area contributed by atoms with Crippen LogP contribution in [0.5, 0.6) is 0 Å². The molecule has 0 aromatic heterocycles. The molecule has 0 spiro atoms. The summed E-state index contributed by atoms with van der Waals surface area (Å²) in [5.41, 5.74) is 3.56. The minimum absolute atomic E-state index is 0.347. The second-order valence-electron chi connectivity index (χ2n) is 5.94. The zero-order chi connectivity index (χ0) is 13.7. The van der Waals surface area contributed by atoms with Gasteiger partial charge in [-0.15, -0.1) is 0 Å². The minimum Gasteiger partial charge on any atom is -0.387 e. The number of rotatable bonds is 3. The molecule has 0 radical (unpaired) electrons. The zero-order valence-corrected chi connectivity index (χ0v) is 12.4. The Hall–Kier alpha value is -0.860. The molecule has 1 fully saturated rings. The van der Waals surface area contributed by atoms with Crippen LogP contribution >= 0.6 is 0 Å². The molecule has 0 amide bonds. The Bertz CT molecular complexity index is 394. The van der Waals surface area contributed by atoms with Crippen molar-refractivity contribution in [3.63, 3.8) is 0 Å².